The van der Waals surface area contributed by atoms with Gasteiger partial charge < -0.3 is 15.4 Å². The fourth-order valence-electron chi connectivity index (χ4n) is 2.87. The van der Waals surface area contributed by atoms with Crippen molar-refractivity contribution in [2.24, 2.45) is 5.92 Å². The zero-order chi connectivity index (χ0) is 18.0. The molecule has 0 radical (unpaired) electrons. The summed E-state index contributed by atoms with van der Waals surface area (Å²) in [7, 11) is 1.53. The highest BCUT2D eigenvalue weighted by atomic mass is 79.9. The van der Waals surface area contributed by atoms with Crippen LogP contribution in [0.3, 0.4) is 0 Å². The van der Waals surface area contributed by atoms with Crippen molar-refractivity contribution in [3.05, 3.63) is 52.5 Å². The van der Waals surface area contributed by atoms with Crippen LogP contribution >= 0.6 is 15.9 Å². The third kappa shape index (κ3) is 4.20. The lowest BCUT2D eigenvalue weighted by Gasteiger charge is -2.12. The number of anilines is 2. The monoisotopic (exact) mass is 402 g/mol. The number of carbonyl (C=O) groups excluding carboxylic acids is 2. The lowest BCUT2D eigenvalue weighted by molar-refractivity contribution is -0.117. The Morgan fingerprint density at radius 1 is 1.12 bits per heavy atom. The Balaban J connectivity index is 1.67. The molecule has 2 aromatic carbocycles. The predicted molar refractivity (Wildman–Crippen MR) is 101 cm³/mol. The predicted octanol–water partition coefficient (Wildman–Crippen LogP) is 4.16. The number of ether oxygens (including phenoxy) is 1. The van der Waals surface area contributed by atoms with Gasteiger partial charge in [-0.2, -0.15) is 0 Å². The van der Waals surface area contributed by atoms with Gasteiger partial charge >= 0.3 is 0 Å². The first kappa shape index (κ1) is 17.5. The maximum absolute atomic E-state index is 12.5. The van der Waals surface area contributed by atoms with Crippen molar-refractivity contribution in [1.29, 1.82) is 0 Å². The lowest BCUT2D eigenvalue weighted by Crippen LogP contribution is -2.15. The zero-order valence-electron chi connectivity index (χ0n) is 14.0. The van der Waals surface area contributed by atoms with Crippen molar-refractivity contribution in [2.75, 3.05) is 17.7 Å². The number of rotatable bonds is 5. The summed E-state index contributed by atoms with van der Waals surface area (Å²) in [5, 5.41) is 5.63. The first-order chi connectivity index (χ1) is 12.0. The second-order valence-electron chi connectivity index (χ2n) is 6.09. The Labute approximate surface area is 154 Å². The third-order valence-corrected chi connectivity index (χ3v) is 4.73. The van der Waals surface area contributed by atoms with Crippen LogP contribution < -0.4 is 15.4 Å². The van der Waals surface area contributed by atoms with Crippen molar-refractivity contribution in [1.82, 2.24) is 0 Å². The number of benzene rings is 2. The maximum Gasteiger partial charge on any atom is 0.228 e. The van der Waals surface area contributed by atoms with Gasteiger partial charge in [-0.1, -0.05) is 28.1 Å². The largest absolute Gasteiger partial charge is 0.495 e. The minimum atomic E-state index is -0.195. The highest BCUT2D eigenvalue weighted by Crippen LogP contribution is 2.48. The smallest absolute Gasteiger partial charge is 0.228 e. The minimum Gasteiger partial charge on any atom is -0.495 e. The normalized spacial score (nSPS) is 18.4. The molecule has 0 aromatic heterocycles. The molecule has 1 aliphatic rings. The summed E-state index contributed by atoms with van der Waals surface area (Å²) in [6.45, 7) is 1.43. The average molecular weight is 403 g/mol. The number of hydrogen-bond acceptors (Lipinski definition) is 3. The van der Waals surface area contributed by atoms with Crippen LogP contribution in [0.25, 0.3) is 0 Å². The molecular formula is C19H19BrN2O3. The van der Waals surface area contributed by atoms with E-state index < -0.39 is 0 Å². The van der Waals surface area contributed by atoms with E-state index in [4.69, 9.17) is 4.74 Å². The molecule has 2 amide bonds. The van der Waals surface area contributed by atoms with Crippen LogP contribution in [0.1, 0.15) is 24.8 Å². The van der Waals surface area contributed by atoms with Crippen LogP contribution in [0.5, 0.6) is 5.75 Å². The van der Waals surface area contributed by atoms with E-state index in [9.17, 15) is 9.59 Å². The number of methoxy groups -OCH3 is 1. The molecule has 1 saturated carbocycles. The summed E-state index contributed by atoms with van der Waals surface area (Å²) >= 11 is 3.42. The first-order valence-electron chi connectivity index (χ1n) is 8.00. The SMILES string of the molecule is COc1ccc(NC(=O)C2CC2c2ccc(Br)cc2)cc1NC(C)=O. The van der Waals surface area contributed by atoms with E-state index in [0.29, 0.717) is 17.1 Å². The number of nitrogens with one attached hydrogen (secondary N) is 2. The first-order valence-corrected chi connectivity index (χ1v) is 8.79. The molecule has 3 rings (SSSR count). The number of carbonyl (C=O) groups is 2. The van der Waals surface area contributed by atoms with Crippen LogP contribution in [0.2, 0.25) is 0 Å². The quantitative estimate of drug-likeness (QED) is 0.788. The van der Waals surface area contributed by atoms with E-state index in [1.54, 1.807) is 18.2 Å². The molecular weight excluding hydrogens is 384 g/mol. The van der Waals surface area contributed by atoms with Crippen LogP contribution in [-0.2, 0) is 9.59 Å². The summed E-state index contributed by atoms with van der Waals surface area (Å²) in [4.78, 5) is 23.8. The van der Waals surface area contributed by atoms with Gasteiger partial charge in [-0.3, -0.25) is 9.59 Å². The van der Waals surface area contributed by atoms with E-state index in [1.165, 1.54) is 19.6 Å². The Hall–Kier alpha value is -2.34. The van der Waals surface area contributed by atoms with Crippen LogP contribution in [0.4, 0.5) is 11.4 Å². The highest BCUT2D eigenvalue weighted by molar-refractivity contribution is 9.10. The van der Waals surface area contributed by atoms with Gasteiger partial charge in [0.25, 0.3) is 0 Å². The second kappa shape index (κ2) is 7.27. The minimum absolute atomic E-state index is 0.00754. The molecule has 1 aliphatic carbocycles. The zero-order valence-corrected chi connectivity index (χ0v) is 15.6. The topological polar surface area (TPSA) is 67.4 Å². The van der Waals surface area contributed by atoms with Gasteiger partial charge in [-0.05, 0) is 48.2 Å². The van der Waals surface area contributed by atoms with Gasteiger partial charge in [0.15, 0.2) is 0 Å². The maximum atomic E-state index is 12.5. The fraction of sp³-hybridized carbons (Fsp3) is 0.263. The van der Waals surface area contributed by atoms with Crippen molar-refractivity contribution < 1.29 is 14.3 Å². The summed E-state index contributed by atoms with van der Waals surface area (Å²) in [6.07, 6.45) is 0.849. The Bertz CT molecular complexity index is 805. The molecule has 2 atom stereocenters. The van der Waals surface area contributed by atoms with Crippen LogP contribution in [0.15, 0.2) is 46.9 Å². The number of halogens is 1. The standard InChI is InChI=1S/C19H19BrN2O3/c1-11(23)21-17-9-14(7-8-18(17)25-2)22-19(24)16-10-15(16)12-3-5-13(20)6-4-12/h3-9,15-16H,10H2,1-2H3,(H,21,23)(H,22,24). The molecule has 0 spiro atoms. The van der Waals surface area contributed by atoms with E-state index in [1.807, 2.05) is 24.3 Å². The van der Waals surface area contributed by atoms with Crippen molar-refractivity contribution in [3.63, 3.8) is 0 Å². The van der Waals surface area contributed by atoms with Gasteiger partial charge in [0.2, 0.25) is 11.8 Å². The summed E-state index contributed by atoms with van der Waals surface area (Å²) in [5.74, 6) is 0.590. The number of amides is 2. The summed E-state index contributed by atoms with van der Waals surface area (Å²) in [6, 6.07) is 13.3. The Kier molecular flexibility index (Phi) is 5.08. The Morgan fingerprint density at radius 2 is 1.84 bits per heavy atom. The average Bonchev–Trinajstić information content (AvgIpc) is 3.36. The molecule has 6 heteroatoms. The van der Waals surface area contributed by atoms with E-state index in [2.05, 4.69) is 26.6 Å². The van der Waals surface area contributed by atoms with Gasteiger partial charge in [0.05, 0.1) is 12.8 Å². The molecule has 0 heterocycles. The molecule has 0 aliphatic heterocycles. The van der Waals surface area contributed by atoms with Crippen LogP contribution in [-0.4, -0.2) is 18.9 Å². The molecule has 2 N–H and O–H groups in total. The van der Waals surface area contributed by atoms with Crippen molar-refractivity contribution >= 4 is 39.1 Å². The molecule has 0 saturated heterocycles. The Morgan fingerprint density at radius 3 is 2.48 bits per heavy atom. The molecule has 0 bridgehead atoms. The second-order valence-corrected chi connectivity index (χ2v) is 7.00. The third-order valence-electron chi connectivity index (χ3n) is 4.20. The molecule has 25 heavy (non-hydrogen) atoms. The fourth-order valence-corrected chi connectivity index (χ4v) is 3.14. The molecule has 1 fully saturated rings. The van der Waals surface area contributed by atoms with Crippen molar-refractivity contribution in [3.8, 4) is 5.75 Å². The summed E-state index contributed by atoms with van der Waals surface area (Å²) < 4.78 is 6.25. The van der Waals surface area contributed by atoms with Gasteiger partial charge in [-0.15, -0.1) is 0 Å². The van der Waals surface area contributed by atoms with Gasteiger partial charge in [0.1, 0.15) is 5.75 Å². The molecule has 5 nitrogen and oxygen atoms in total. The molecule has 130 valence electrons. The molecule has 2 aromatic rings. The lowest BCUT2D eigenvalue weighted by atomic mass is 10.1. The highest BCUT2D eigenvalue weighted by Gasteiger charge is 2.43. The van der Waals surface area contributed by atoms with E-state index in [-0.39, 0.29) is 23.7 Å². The number of hydrogen-bond donors (Lipinski definition) is 2. The van der Waals surface area contributed by atoms with Gasteiger partial charge in [0, 0.05) is 23.0 Å². The summed E-state index contributed by atoms with van der Waals surface area (Å²) in [5.41, 5.74) is 2.35. The van der Waals surface area contributed by atoms with E-state index >= 15 is 0 Å². The van der Waals surface area contributed by atoms with Crippen molar-refractivity contribution in [2.45, 2.75) is 19.3 Å². The van der Waals surface area contributed by atoms with Crippen LogP contribution in [0, 0.1) is 5.92 Å². The molecule has 2 unspecified atom stereocenters. The van der Waals surface area contributed by atoms with Gasteiger partial charge in [-0.25, -0.2) is 0 Å². The van der Waals surface area contributed by atoms with E-state index in [0.717, 1.165) is 10.9 Å².